The minimum absolute atomic E-state index is 0.0255. The topological polar surface area (TPSA) is 104 Å². The lowest BCUT2D eigenvalue weighted by atomic mass is 10.2. The summed E-state index contributed by atoms with van der Waals surface area (Å²) in [4.78, 5) is 11.1. The fraction of sp³-hybridized carbons (Fsp3) is 0.0714. The van der Waals surface area contributed by atoms with E-state index < -0.39 is 16.0 Å². The maximum absolute atomic E-state index is 12.2. The first kappa shape index (κ1) is 14.9. The van der Waals surface area contributed by atoms with Gasteiger partial charge in [-0.15, -0.1) is 0 Å². The number of carboxylic acid groups (broad SMARTS) is 1. The number of benzene rings is 2. The Morgan fingerprint density at radius 1 is 1.10 bits per heavy atom. The molecule has 0 unspecified atom stereocenters. The maximum Gasteiger partial charge on any atom is 0.337 e. The normalized spacial score (nSPS) is 11.1. The first-order valence-electron chi connectivity index (χ1n) is 5.95. The number of nitrogens with one attached hydrogen (secondary N) is 1. The van der Waals surface area contributed by atoms with Crippen molar-refractivity contribution in [2.24, 2.45) is 0 Å². The van der Waals surface area contributed by atoms with Crippen molar-refractivity contribution in [1.82, 2.24) is 0 Å². The number of hydrogen-bond donors (Lipinski definition) is 3. The molecule has 2 rings (SSSR count). The van der Waals surface area contributed by atoms with Crippen LogP contribution >= 0.6 is 0 Å². The summed E-state index contributed by atoms with van der Waals surface area (Å²) >= 11 is 0. The van der Waals surface area contributed by atoms with Gasteiger partial charge in [-0.25, -0.2) is 13.2 Å². The summed E-state index contributed by atoms with van der Waals surface area (Å²) in [5.41, 5.74) is 0.469. The number of aromatic carboxylic acids is 1. The van der Waals surface area contributed by atoms with Crippen molar-refractivity contribution < 1.29 is 23.4 Å². The van der Waals surface area contributed by atoms with Crippen LogP contribution in [-0.2, 0) is 10.0 Å². The summed E-state index contributed by atoms with van der Waals surface area (Å²) in [7, 11) is -3.89. The number of aryl methyl sites for hydroxylation is 1. The fourth-order valence-electron chi connectivity index (χ4n) is 1.72. The number of carbonyl (C=O) groups is 1. The minimum atomic E-state index is -3.89. The van der Waals surface area contributed by atoms with Crippen LogP contribution in [0.3, 0.4) is 0 Å². The summed E-state index contributed by atoms with van der Waals surface area (Å²) in [5.74, 6) is -1.60. The Balaban J connectivity index is 2.41. The van der Waals surface area contributed by atoms with Gasteiger partial charge in [0.25, 0.3) is 10.0 Å². The number of aromatic hydroxyl groups is 1. The van der Waals surface area contributed by atoms with Crippen LogP contribution in [0.2, 0.25) is 0 Å². The van der Waals surface area contributed by atoms with Gasteiger partial charge in [0.15, 0.2) is 0 Å². The third-order valence-corrected chi connectivity index (χ3v) is 4.19. The standard InChI is InChI=1S/C14H13NO5S/c1-9-2-5-11(6-3-9)21(19,20)15-13-7-4-10(16)8-12(13)14(17)18/h2-8,15-16H,1H3,(H,17,18). The van der Waals surface area contributed by atoms with Gasteiger partial charge in [-0.2, -0.15) is 0 Å². The minimum Gasteiger partial charge on any atom is -0.508 e. The molecule has 0 radical (unpaired) electrons. The van der Waals surface area contributed by atoms with E-state index in [-0.39, 0.29) is 21.9 Å². The second-order valence-corrected chi connectivity index (χ2v) is 6.14. The predicted molar refractivity (Wildman–Crippen MR) is 77.1 cm³/mol. The van der Waals surface area contributed by atoms with Crippen LogP contribution in [0.4, 0.5) is 5.69 Å². The third kappa shape index (κ3) is 3.32. The SMILES string of the molecule is Cc1ccc(S(=O)(=O)Nc2ccc(O)cc2C(=O)O)cc1. The summed E-state index contributed by atoms with van der Waals surface area (Å²) in [6.07, 6.45) is 0. The van der Waals surface area contributed by atoms with E-state index in [1.54, 1.807) is 12.1 Å². The molecule has 0 amide bonds. The molecule has 110 valence electrons. The molecule has 2 aromatic carbocycles. The fourth-order valence-corrected chi connectivity index (χ4v) is 2.80. The zero-order valence-electron chi connectivity index (χ0n) is 11.1. The van der Waals surface area contributed by atoms with Crippen molar-refractivity contribution in [3.05, 3.63) is 53.6 Å². The van der Waals surface area contributed by atoms with Crippen molar-refractivity contribution in [2.45, 2.75) is 11.8 Å². The molecule has 0 aromatic heterocycles. The molecular weight excluding hydrogens is 294 g/mol. The number of hydrogen-bond acceptors (Lipinski definition) is 4. The lowest BCUT2D eigenvalue weighted by Gasteiger charge is -2.11. The molecule has 3 N–H and O–H groups in total. The van der Waals surface area contributed by atoms with E-state index in [2.05, 4.69) is 4.72 Å². The van der Waals surface area contributed by atoms with E-state index in [4.69, 9.17) is 5.11 Å². The van der Waals surface area contributed by atoms with Crippen LogP contribution < -0.4 is 4.72 Å². The molecule has 0 aliphatic carbocycles. The average molecular weight is 307 g/mol. The van der Waals surface area contributed by atoms with Crippen LogP contribution in [-0.4, -0.2) is 24.6 Å². The summed E-state index contributed by atoms with van der Waals surface area (Å²) < 4.78 is 26.6. The molecule has 0 aliphatic heterocycles. The zero-order chi connectivity index (χ0) is 15.6. The van der Waals surface area contributed by atoms with E-state index in [0.29, 0.717) is 0 Å². The monoisotopic (exact) mass is 307 g/mol. The first-order chi connectivity index (χ1) is 9.79. The van der Waals surface area contributed by atoms with Crippen molar-refractivity contribution >= 4 is 21.7 Å². The van der Waals surface area contributed by atoms with Crippen LogP contribution in [0.25, 0.3) is 0 Å². The number of anilines is 1. The number of phenolic OH excluding ortho intramolecular Hbond substituents is 1. The van der Waals surface area contributed by atoms with E-state index in [1.165, 1.54) is 24.3 Å². The lowest BCUT2D eigenvalue weighted by molar-refractivity contribution is 0.0697. The number of carboxylic acids is 1. The lowest BCUT2D eigenvalue weighted by Crippen LogP contribution is -2.15. The van der Waals surface area contributed by atoms with Gasteiger partial charge >= 0.3 is 5.97 Å². The Morgan fingerprint density at radius 3 is 2.29 bits per heavy atom. The van der Waals surface area contributed by atoms with Crippen LogP contribution in [0, 0.1) is 6.92 Å². The molecule has 6 nitrogen and oxygen atoms in total. The van der Waals surface area contributed by atoms with Crippen molar-refractivity contribution in [1.29, 1.82) is 0 Å². The second kappa shape index (κ2) is 5.45. The molecule has 0 bridgehead atoms. The van der Waals surface area contributed by atoms with Gasteiger partial charge in [0, 0.05) is 0 Å². The molecule has 7 heteroatoms. The maximum atomic E-state index is 12.2. The summed E-state index contributed by atoms with van der Waals surface area (Å²) in [6.45, 7) is 1.83. The summed E-state index contributed by atoms with van der Waals surface area (Å²) in [6, 6.07) is 9.53. The molecule has 0 heterocycles. The summed E-state index contributed by atoms with van der Waals surface area (Å²) in [5, 5.41) is 18.3. The molecule has 2 aromatic rings. The number of sulfonamides is 1. The van der Waals surface area contributed by atoms with E-state index in [9.17, 15) is 18.3 Å². The van der Waals surface area contributed by atoms with E-state index in [0.717, 1.165) is 11.6 Å². The largest absolute Gasteiger partial charge is 0.508 e. The smallest absolute Gasteiger partial charge is 0.337 e. The van der Waals surface area contributed by atoms with Crippen molar-refractivity contribution in [3.63, 3.8) is 0 Å². The Kier molecular flexibility index (Phi) is 3.86. The van der Waals surface area contributed by atoms with Gasteiger partial charge in [-0.1, -0.05) is 17.7 Å². The zero-order valence-corrected chi connectivity index (χ0v) is 11.9. The van der Waals surface area contributed by atoms with E-state index >= 15 is 0 Å². The Bertz CT molecular complexity index is 782. The van der Waals surface area contributed by atoms with E-state index in [1.807, 2.05) is 6.92 Å². The molecule has 21 heavy (non-hydrogen) atoms. The molecule has 0 saturated heterocycles. The highest BCUT2D eigenvalue weighted by atomic mass is 32.2. The molecule has 0 fully saturated rings. The molecule has 0 saturated carbocycles. The average Bonchev–Trinajstić information content (AvgIpc) is 2.41. The van der Waals surface area contributed by atoms with Crippen LogP contribution in [0.1, 0.15) is 15.9 Å². The Morgan fingerprint density at radius 2 is 1.71 bits per heavy atom. The second-order valence-electron chi connectivity index (χ2n) is 4.45. The van der Waals surface area contributed by atoms with Gasteiger partial charge < -0.3 is 10.2 Å². The highest BCUT2D eigenvalue weighted by molar-refractivity contribution is 7.92. The van der Waals surface area contributed by atoms with Crippen LogP contribution in [0.15, 0.2) is 47.4 Å². The molecule has 0 spiro atoms. The van der Waals surface area contributed by atoms with Crippen molar-refractivity contribution in [2.75, 3.05) is 4.72 Å². The quantitative estimate of drug-likeness (QED) is 0.751. The van der Waals surface area contributed by atoms with Crippen molar-refractivity contribution in [3.8, 4) is 5.75 Å². The van der Waals surface area contributed by atoms with Crippen LogP contribution in [0.5, 0.6) is 5.75 Å². The Labute approximate surface area is 121 Å². The Hall–Kier alpha value is -2.54. The molecule has 0 atom stereocenters. The first-order valence-corrected chi connectivity index (χ1v) is 7.44. The van der Waals surface area contributed by atoms with Gasteiger partial charge in [0.05, 0.1) is 16.1 Å². The highest BCUT2D eigenvalue weighted by Crippen LogP contribution is 2.24. The third-order valence-electron chi connectivity index (χ3n) is 2.81. The molecule has 0 aliphatic rings. The van der Waals surface area contributed by atoms with Gasteiger partial charge in [0.2, 0.25) is 0 Å². The van der Waals surface area contributed by atoms with Gasteiger partial charge in [-0.05, 0) is 37.3 Å². The highest BCUT2D eigenvalue weighted by Gasteiger charge is 2.18. The molecular formula is C14H13NO5S. The van der Waals surface area contributed by atoms with Gasteiger partial charge in [0.1, 0.15) is 5.75 Å². The van der Waals surface area contributed by atoms with Gasteiger partial charge in [-0.3, -0.25) is 4.72 Å². The number of rotatable bonds is 4. The predicted octanol–water partition coefficient (Wildman–Crippen LogP) is 2.20. The number of phenols is 1.